The molecule has 24 heavy (non-hydrogen) atoms. The molecule has 0 aliphatic rings. The molecule has 0 bridgehead atoms. The van der Waals surface area contributed by atoms with Gasteiger partial charge in [0.1, 0.15) is 5.82 Å². The first-order valence-corrected chi connectivity index (χ1v) is 7.62. The van der Waals surface area contributed by atoms with Crippen LogP contribution in [0.15, 0.2) is 59.9 Å². The van der Waals surface area contributed by atoms with Crippen LogP contribution in [0.2, 0.25) is 0 Å². The predicted molar refractivity (Wildman–Crippen MR) is 91.7 cm³/mol. The summed E-state index contributed by atoms with van der Waals surface area (Å²) in [5.41, 5.74) is 3.76. The van der Waals surface area contributed by atoms with E-state index in [1.54, 1.807) is 24.8 Å². The number of nitrogens with one attached hydrogen (secondary N) is 1. The zero-order chi connectivity index (χ0) is 16.5. The van der Waals surface area contributed by atoms with Gasteiger partial charge in [0.05, 0.1) is 6.33 Å². The summed E-state index contributed by atoms with van der Waals surface area (Å²) >= 11 is 0. The molecule has 1 N–H and O–H groups in total. The lowest BCUT2D eigenvalue weighted by atomic mass is 10.1. The second-order valence-corrected chi connectivity index (χ2v) is 5.69. The van der Waals surface area contributed by atoms with Crippen molar-refractivity contribution in [3.05, 3.63) is 76.6 Å². The number of hydrogen-bond acceptors (Lipinski definition) is 4. The van der Waals surface area contributed by atoms with Crippen LogP contribution in [0.25, 0.3) is 22.6 Å². The molecule has 0 unspecified atom stereocenters. The lowest BCUT2D eigenvalue weighted by Crippen LogP contribution is -2.13. The maximum absolute atomic E-state index is 12.5. The number of nitrogens with zero attached hydrogens (tertiary/aromatic N) is 4. The van der Waals surface area contributed by atoms with Crippen LogP contribution in [0.1, 0.15) is 11.1 Å². The number of aromatic amines is 1. The number of aromatic nitrogens is 5. The quantitative estimate of drug-likeness (QED) is 0.630. The Morgan fingerprint density at radius 3 is 2.92 bits per heavy atom. The Labute approximate surface area is 137 Å². The molecule has 1 aromatic carbocycles. The second kappa shape index (κ2) is 5.73. The minimum atomic E-state index is -0.205. The minimum absolute atomic E-state index is 0.205. The normalized spacial score (nSPS) is 11.0. The molecule has 0 aliphatic heterocycles. The van der Waals surface area contributed by atoms with E-state index < -0.39 is 0 Å². The molecule has 0 radical (unpaired) electrons. The molecule has 0 aliphatic carbocycles. The number of fused-ring (bicyclic) bond motifs is 1. The van der Waals surface area contributed by atoms with Gasteiger partial charge in [-0.15, -0.1) is 0 Å². The first-order chi connectivity index (χ1) is 11.7. The van der Waals surface area contributed by atoms with Crippen molar-refractivity contribution in [2.24, 2.45) is 0 Å². The van der Waals surface area contributed by atoms with Gasteiger partial charge in [0.25, 0.3) is 5.56 Å². The molecule has 0 saturated heterocycles. The molecule has 0 saturated carbocycles. The zero-order valence-electron chi connectivity index (χ0n) is 13.1. The van der Waals surface area contributed by atoms with Crippen molar-refractivity contribution in [2.45, 2.75) is 13.5 Å². The highest BCUT2D eigenvalue weighted by atomic mass is 16.1. The maximum Gasteiger partial charge on any atom is 0.277 e. The molecule has 4 rings (SSSR count). The van der Waals surface area contributed by atoms with Crippen molar-refractivity contribution in [3.63, 3.8) is 0 Å². The van der Waals surface area contributed by atoms with E-state index >= 15 is 0 Å². The number of H-pyrrole nitrogens is 1. The lowest BCUT2D eigenvalue weighted by Gasteiger charge is -2.05. The Morgan fingerprint density at radius 1 is 1.21 bits per heavy atom. The highest BCUT2D eigenvalue weighted by Crippen LogP contribution is 2.15. The standard InChI is InChI=1S/C18H15N5O/c1-12-4-2-5-13(8-12)10-23-11-20-17-15(23)18(24)22-16(21-17)14-6-3-7-19-9-14/h2-9,11H,10H2,1H3,(H,21,22,24). The van der Waals surface area contributed by atoms with Gasteiger partial charge in [-0.1, -0.05) is 29.8 Å². The van der Waals surface area contributed by atoms with Crippen LogP contribution < -0.4 is 5.56 Å². The summed E-state index contributed by atoms with van der Waals surface area (Å²) in [5, 5.41) is 0. The third kappa shape index (κ3) is 2.58. The highest BCUT2D eigenvalue weighted by molar-refractivity contribution is 5.72. The molecular formula is C18H15N5O. The van der Waals surface area contributed by atoms with Gasteiger partial charge in [0.2, 0.25) is 0 Å². The van der Waals surface area contributed by atoms with E-state index in [0.29, 0.717) is 23.5 Å². The highest BCUT2D eigenvalue weighted by Gasteiger charge is 2.12. The van der Waals surface area contributed by atoms with Gasteiger partial charge in [-0.25, -0.2) is 9.97 Å². The first-order valence-electron chi connectivity index (χ1n) is 7.62. The van der Waals surface area contributed by atoms with Gasteiger partial charge in [-0.3, -0.25) is 9.78 Å². The topological polar surface area (TPSA) is 76.5 Å². The molecule has 118 valence electrons. The van der Waals surface area contributed by atoms with E-state index in [1.165, 1.54) is 5.56 Å². The summed E-state index contributed by atoms with van der Waals surface area (Å²) in [6.45, 7) is 2.62. The third-order valence-electron chi connectivity index (χ3n) is 3.85. The van der Waals surface area contributed by atoms with E-state index in [0.717, 1.165) is 11.1 Å². The molecule has 4 aromatic rings. The number of pyridine rings is 1. The van der Waals surface area contributed by atoms with Crippen molar-refractivity contribution in [2.75, 3.05) is 0 Å². The zero-order valence-corrected chi connectivity index (χ0v) is 13.1. The molecule has 3 heterocycles. The van der Waals surface area contributed by atoms with Crippen LogP contribution in [0.4, 0.5) is 0 Å². The Bertz CT molecular complexity index is 1070. The van der Waals surface area contributed by atoms with Crippen molar-refractivity contribution in [3.8, 4) is 11.4 Å². The van der Waals surface area contributed by atoms with Gasteiger partial charge < -0.3 is 9.55 Å². The average molecular weight is 317 g/mol. The van der Waals surface area contributed by atoms with Gasteiger partial charge in [-0.2, -0.15) is 0 Å². The average Bonchev–Trinajstić information content (AvgIpc) is 2.99. The summed E-state index contributed by atoms with van der Waals surface area (Å²) in [6.07, 6.45) is 4.99. The smallest absolute Gasteiger partial charge is 0.277 e. The fraction of sp³-hybridized carbons (Fsp3) is 0.111. The molecular weight excluding hydrogens is 302 g/mol. The fourth-order valence-electron chi connectivity index (χ4n) is 2.75. The molecule has 0 fully saturated rings. The van der Waals surface area contributed by atoms with Crippen LogP contribution in [0.5, 0.6) is 0 Å². The maximum atomic E-state index is 12.5. The monoisotopic (exact) mass is 317 g/mol. The largest absolute Gasteiger partial charge is 0.320 e. The van der Waals surface area contributed by atoms with Gasteiger partial charge in [0, 0.05) is 24.5 Å². The molecule has 6 nitrogen and oxygen atoms in total. The van der Waals surface area contributed by atoms with Crippen LogP contribution in [-0.2, 0) is 6.54 Å². The van der Waals surface area contributed by atoms with E-state index in [2.05, 4.69) is 26.0 Å². The Balaban J connectivity index is 1.79. The molecule has 0 amide bonds. The third-order valence-corrected chi connectivity index (χ3v) is 3.85. The minimum Gasteiger partial charge on any atom is -0.320 e. The molecule has 6 heteroatoms. The molecule has 0 spiro atoms. The summed E-state index contributed by atoms with van der Waals surface area (Å²) in [4.78, 5) is 28.2. The SMILES string of the molecule is Cc1cccc(Cn2cnc3nc(-c4cccnc4)[nH]c(=O)c32)c1. The number of rotatable bonds is 3. The van der Waals surface area contributed by atoms with Crippen LogP contribution in [0.3, 0.4) is 0 Å². The van der Waals surface area contributed by atoms with Crippen molar-refractivity contribution >= 4 is 11.2 Å². The Morgan fingerprint density at radius 2 is 2.12 bits per heavy atom. The van der Waals surface area contributed by atoms with E-state index in [1.807, 2.05) is 35.8 Å². The first kappa shape index (κ1) is 14.3. The number of aryl methyl sites for hydroxylation is 1. The predicted octanol–water partition coefficient (Wildman–Crippen LogP) is 2.54. The van der Waals surface area contributed by atoms with E-state index in [-0.39, 0.29) is 5.56 Å². The molecule has 3 aromatic heterocycles. The van der Waals surface area contributed by atoms with Gasteiger partial charge in [0.15, 0.2) is 11.2 Å². The summed E-state index contributed by atoms with van der Waals surface area (Å²) < 4.78 is 1.82. The van der Waals surface area contributed by atoms with Gasteiger partial charge in [-0.05, 0) is 24.6 Å². The second-order valence-electron chi connectivity index (χ2n) is 5.69. The van der Waals surface area contributed by atoms with Crippen LogP contribution in [-0.4, -0.2) is 24.5 Å². The fourth-order valence-corrected chi connectivity index (χ4v) is 2.75. The number of hydrogen-bond donors (Lipinski definition) is 1. The Kier molecular flexibility index (Phi) is 3.42. The summed E-state index contributed by atoms with van der Waals surface area (Å²) in [5.74, 6) is 0.474. The van der Waals surface area contributed by atoms with Crippen molar-refractivity contribution in [1.82, 2.24) is 24.5 Å². The van der Waals surface area contributed by atoms with Crippen molar-refractivity contribution < 1.29 is 0 Å². The Hall–Kier alpha value is -3.28. The van der Waals surface area contributed by atoms with Crippen LogP contribution in [0, 0.1) is 6.92 Å². The van der Waals surface area contributed by atoms with Crippen LogP contribution >= 0.6 is 0 Å². The summed E-state index contributed by atoms with van der Waals surface area (Å²) in [6, 6.07) is 11.8. The number of benzene rings is 1. The van der Waals surface area contributed by atoms with E-state index in [9.17, 15) is 4.79 Å². The van der Waals surface area contributed by atoms with E-state index in [4.69, 9.17) is 0 Å². The number of imidazole rings is 1. The van der Waals surface area contributed by atoms with Crippen molar-refractivity contribution in [1.29, 1.82) is 0 Å². The molecule has 0 atom stereocenters. The lowest BCUT2D eigenvalue weighted by molar-refractivity contribution is 0.819. The summed E-state index contributed by atoms with van der Waals surface area (Å²) in [7, 11) is 0. The van der Waals surface area contributed by atoms with Gasteiger partial charge >= 0.3 is 0 Å².